The van der Waals surface area contributed by atoms with Crippen molar-refractivity contribution in [3.63, 3.8) is 0 Å². The van der Waals surface area contributed by atoms with E-state index in [4.69, 9.17) is 9.88 Å². The van der Waals surface area contributed by atoms with E-state index in [0.717, 1.165) is 11.1 Å². The third-order valence-corrected chi connectivity index (χ3v) is 5.83. The molecule has 5 N–H and O–H groups in total. The molecule has 0 spiro atoms. The largest absolute Gasteiger partial charge is 0.390 e. The molecule has 0 radical (unpaired) electrons. The van der Waals surface area contributed by atoms with Gasteiger partial charge >= 0.3 is 10.3 Å². The van der Waals surface area contributed by atoms with Crippen LogP contribution in [0.4, 0.5) is 5.82 Å². The van der Waals surface area contributed by atoms with Crippen LogP contribution in [-0.4, -0.2) is 57.8 Å². The molecule has 1 aliphatic rings. The molecule has 0 aliphatic carbocycles. The van der Waals surface area contributed by atoms with Gasteiger partial charge in [-0.05, 0) is 11.1 Å². The van der Waals surface area contributed by atoms with Gasteiger partial charge in [0.2, 0.25) is 5.91 Å². The maximum atomic E-state index is 11.3. The molecular weight excluding hydrogens is 466 g/mol. The molecule has 0 unspecified atom stereocenters. The van der Waals surface area contributed by atoms with Gasteiger partial charge in [-0.3, -0.25) is 13.5 Å². The Bertz CT molecular complexity index is 1280. The molecule has 182 valence electrons. The molecule has 13 nitrogen and oxygen atoms in total. The van der Waals surface area contributed by atoms with E-state index in [1.54, 1.807) is 4.57 Å². The minimum Gasteiger partial charge on any atom is -0.390 e. The average molecular weight is 492 g/mol. The highest BCUT2D eigenvalue weighted by atomic mass is 32.2. The number of aliphatic hydroxyl groups excluding tert-OH is 1. The zero-order valence-electron chi connectivity index (χ0n) is 18.3. The van der Waals surface area contributed by atoms with Gasteiger partial charge in [-0.1, -0.05) is 24.3 Å². The highest BCUT2D eigenvalue weighted by molar-refractivity contribution is 7.84. The summed E-state index contributed by atoms with van der Waals surface area (Å²) in [6.45, 7) is 1.93. The number of nitrogens with one attached hydrogen (secondary N) is 2. The van der Waals surface area contributed by atoms with E-state index < -0.39 is 35.3 Å². The van der Waals surface area contributed by atoms with E-state index in [1.807, 2.05) is 24.3 Å². The fraction of sp³-hybridized carbons (Fsp3) is 0.400. The molecule has 3 aromatic rings. The molecule has 3 atom stereocenters. The van der Waals surface area contributed by atoms with Crippen molar-refractivity contribution in [1.29, 1.82) is 0 Å². The Morgan fingerprint density at radius 1 is 1.26 bits per heavy atom. The van der Waals surface area contributed by atoms with Crippen molar-refractivity contribution in [1.82, 2.24) is 24.8 Å². The lowest BCUT2D eigenvalue weighted by Crippen LogP contribution is -2.30. The Balaban J connectivity index is 1.48. The first kappa shape index (κ1) is 24.0. The number of anilines is 1. The number of amides is 1. The zero-order chi connectivity index (χ0) is 24.3. The molecule has 0 bridgehead atoms. The number of nitrogens with two attached hydrogens (primary N) is 1. The van der Waals surface area contributed by atoms with E-state index in [0.29, 0.717) is 30.1 Å². The number of hydrogen-bond donors (Lipinski definition) is 4. The third-order valence-electron chi connectivity index (χ3n) is 5.36. The molecule has 34 heavy (non-hydrogen) atoms. The summed E-state index contributed by atoms with van der Waals surface area (Å²) in [7, 11) is -4.15. The van der Waals surface area contributed by atoms with Gasteiger partial charge in [-0.15, -0.1) is 0 Å². The summed E-state index contributed by atoms with van der Waals surface area (Å²) in [4.78, 5) is 24.3. The van der Waals surface area contributed by atoms with Crippen LogP contribution in [0.3, 0.4) is 0 Å². The van der Waals surface area contributed by atoms with Crippen LogP contribution in [0.5, 0.6) is 0 Å². The van der Waals surface area contributed by atoms with E-state index in [9.17, 15) is 18.3 Å². The van der Waals surface area contributed by atoms with Crippen molar-refractivity contribution in [3.8, 4) is 0 Å². The van der Waals surface area contributed by atoms with Gasteiger partial charge in [-0.25, -0.2) is 20.1 Å². The predicted molar refractivity (Wildman–Crippen MR) is 120 cm³/mol. The van der Waals surface area contributed by atoms with Crippen molar-refractivity contribution in [2.45, 2.75) is 44.9 Å². The van der Waals surface area contributed by atoms with Gasteiger partial charge in [-0.2, -0.15) is 8.42 Å². The van der Waals surface area contributed by atoms with Gasteiger partial charge < -0.3 is 20.5 Å². The Labute approximate surface area is 195 Å². The summed E-state index contributed by atoms with van der Waals surface area (Å²) in [6.07, 6.45) is 0.640. The van der Waals surface area contributed by atoms with Gasteiger partial charge in [0.15, 0.2) is 17.0 Å². The number of hydrogen-bond acceptors (Lipinski definition) is 10. The van der Waals surface area contributed by atoms with Crippen LogP contribution < -0.4 is 15.8 Å². The van der Waals surface area contributed by atoms with Crippen LogP contribution in [0.1, 0.15) is 30.7 Å². The Kier molecular flexibility index (Phi) is 7.04. The number of imidazole rings is 1. The third kappa shape index (κ3) is 5.66. The zero-order valence-corrected chi connectivity index (χ0v) is 19.1. The highest BCUT2D eigenvalue weighted by Gasteiger charge is 2.36. The Morgan fingerprint density at radius 2 is 2.00 bits per heavy atom. The number of nitrogens with zero attached hydrogens (tertiary/aromatic N) is 4. The summed E-state index contributed by atoms with van der Waals surface area (Å²) >= 11 is 0. The second-order valence-electron chi connectivity index (χ2n) is 7.79. The van der Waals surface area contributed by atoms with Crippen LogP contribution in [0, 0.1) is 0 Å². The highest BCUT2D eigenvalue weighted by Crippen LogP contribution is 2.32. The molecule has 14 heteroatoms. The average Bonchev–Trinajstić information content (AvgIpc) is 3.38. The fourth-order valence-electron chi connectivity index (χ4n) is 3.69. The quantitative estimate of drug-likeness (QED) is 0.316. The molecular formula is C20H25N7O6S. The number of aromatic nitrogens is 4. The van der Waals surface area contributed by atoms with E-state index in [-0.39, 0.29) is 12.3 Å². The summed E-state index contributed by atoms with van der Waals surface area (Å²) in [5, 5.41) is 21.2. The molecule has 4 rings (SSSR count). The van der Waals surface area contributed by atoms with E-state index in [2.05, 4.69) is 29.8 Å². The maximum Gasteiger partial charge on any atom is 0.333 e. The summed E-state index contributed by atoms with van der Waals surface area (Å²) in [5.41, 5.74) is 2.95. The summed E-state index contributed by atoms with van der Waals surface area (Å²) in [5.74, 6) is 0.397. The number of ether oxygens (including phenoxy) is 1. The predicted octanol–water partition coefficient (Wildman–Crippen LogP) is -0.0570. The number of rotatable bonds is 9. The molecule has 3 heterocycles. The Morgan fingerprint density at radius 3 is 2.71 bits per heavy atom. The SMILES string of the molecule is CC(=O)NCc1ccccc1CNc1ncnc2c1ncn2[C@H]1C[C@H](O)[C@@H](COS(N)(=O)=O)O1. The van der Waals surface area contributed by atoms with Crippen LogP contribution >= 0.6 is 0 Å². The number of carbonyl (C=O) groups excluding carboxylic acids is 1. The van der Waals surface area contributed by atoms with E-state index in [1.165, 1.54) is 19.6 Å². The molecule has 1 aromatic carbocycles. The van der Waals surface area contributed by atoms with Gasteiger partial charge in [0, 0.05) is 26.4 Å². The molecule has 1 fully saturated rings. The van der Waals surface area contributed by atoms with Gasteiger partial charge in [0.25, 0.3) is 0 Å². The molecule has 1 saturated heterocycles. The van der Waals surface area contributed by atoms with Crippen LogP contribution in [0.2, 0.25) is 0 Å². The number of aliphatic hydroxyl groups is 1. The second kappa shape index (κ2) is 9.99. The van der Waals surface area contributed by atoms with Crippen LogP contribution in [0.15, 0.2) is 36.9 Å². The van der Waals surface area contributed by atoms with Crippen molar-refractivity contribution >= 4 is 33.2 Å². The second-order valence-corrected chi connectivity index (χ2v) is 9.01. The molecule has 2 aromatic heterocycles. The van der Waals surface area contributed by atoms with Gasteiger partial charge in [0.1, 0.15) is 18.7 Å². The maximum absolute atomic E-state index is 11.3. The monoisotopic (exact) mass is 491 g/mol. The number of carbonyl (C=O) groups is 1. The first-order chi connectivity index (χ1) is 16.2. The normalized spacial score (nSPS) is 20.5. The number of benzene rings is 1. The lowest BCUT2D eigenvalue weighted by molar-refractivity contribution is -0.119. The van der Waals surface area contributed by atoms with Crippen molar-refractivity contribution in [3.05, 3.63) is 48.0 Å². The number of fused-ring (bicyclic) bond motifs is 1. The molecule has 1 aliphatic heterocycles. The Hall–Kier alpha value is -3.17. The summed E-state index contributed by atoms with van der Waals surface area (Å²) < 4.78 is 34.0. The lowest BCUT2D eigenvalue weighted by atomic mass is 10.1. The smallest absolute Gasteiger partial charge is 0.333 e. The minimum absolute atomic E-state index is 0.108. The van der Waals surface area contributed by atoms with Gasteiger partial charge in [0.05, 0.1) is 19.0 Å². The first-order valence-electron chi connectivity index (χ1n) is 10.4. The lowest BCUT2D eigenvalue weighted by Gasteiger charge is -2.15. The topological polar surface area (TPSA) is 184 Å². The van der Waals surface area contributed by atoms with Crippen molar-refractivity contribution in [2.75, 3.05) is 11.9 Å². The molecule has 0 saturated carbocycles. The van der Waals surface area contributed by atoms with E-state index >= 15 is 0 Å². The molecule has 1 amide bonds. The van der Waals surface area contributed by atoms with Crippen LogP contribution in [-0.2, 0) is 37.1 Å². The minimum atomic E-state index is -4.15. The summed E-state index contributed by atoms with van der Waals surface area (Å²) in [6, 6.07) is 7.72. The van der Waals surface area contributed by atoms with Crippen LogP contribution in [0.25, 0.3) is 11.2 Å². The first-order valence-corrected chi connectivity index (χ1v) is 11.9. The van der Waals surface area contributed by atoms with Crippen molar-refractivity contribution in [2.24, 2.45) is 5.14 Å². The van der Waals surface area contributed by atoms with Crippen molar-refractivity contribution < 1.29 is 27.2 Å². The standard InChI is InChI=1S/C20H25N7O6S/c1-12(28)22-7-13-4-2-3-5-14(13)8-23-19-18-20(25-10-24-19)27(11-26-18)17-6-15(29)16(33-17)9-32-34(21,30)31/h2-5,10-11,15-17,29H,6-9H2,1H3,(H,22,28)(H2,21,30,31)(H,23,24,25)/t15-,16+,17+/m0/s1. The fourth-order valence-corrected chi connectivity index (χ4v) is 4.01.